The molecule has 0 spiro atoms. The molecule has 2 amide bonds. The maximum Gasteiger partial charge on any atom is 0.335 e. The van der Waals surface area contributed by atoms with Gasteiger partial charge in [0.15, 0.2) is 18.7 Å². The smallest absolute Gasteiger partial charge is 0.335 e. The molecule has 0 saturated carbocycles. The van der Waals surface area contributed by atoms with Crippen LogP contribution in [0.25, 0.3) is 0 Å². The zero-order valence-electron chi connectivity index (χ0n) is 49.3. The highest BCUT2D eigenvalue weighted by Crippen LogP contribution is 2.35. The topological polar surface area (TPSA) is 373 Å². The molecule has 0 aromatic heterocycles. The summed E-state index contributed by atoms with van der Waals surface area (Å²) in [6.07, 6.45) is 3.04. The molecule has 3 saturated heterocycles. The van der Waals surface area contributed by atoms with Crippen molar-refractivity contribution in [3.8, 4) is 0 Å². The van der Waals surface area contributed by atoms with Crippen molar-refractivity contribution in [2.75, 3.05) is 26.4 Å². The zero-order chi connectivity index (χ0) is 60.4. The number of carbonyl (C=O) groups is 3. The number of nitrogens with one attached hydrogen (secondary N) is 2. The average molecular weight is 1180 g/mol. The Labute approximate surface area is 486 Å². The van der Waals surface area contributed by atoms with Crippen molar-refractivity contribution in [2.24, 2.45) is 0 Å². The molecule has 0 aromatic carbocycles. The van der Waals surface area contributed by atoms with Crippen molar-refractivity contribution >= 4 is 17.8 Å². The van der Waals surface area contributed by atoms with Gasteiger partial charge >= 0.3 is 5.97 Å². The molecule has 0 radical (unpaired) electrons. The van der Waals surface area contributed by atoms with E-state index in [0.717, 1.165) is 51.9 Å². The molecular weight excluding hydrogens is 1070 g/mol. The third-order valence-electron chi connectivity index (χ3n) is 16.0. The van der Waals surface area contributed by atoms with E-state index in [-0.39, 0.29) is 12.3 Å². The normalized spacial score (nSPS) is 30.2. The maximum absolute atomic E-state index is 13.4. The van der Waals surface area contributed by atoms with Crippen molar-refractivity contribution in [2.45, 2.75) is 317 Å². The number of aliphatic hydroxyl groups is 11. The van der Waals surface area contributed by atoms with Gasteiger partial charge in [0, 0.05) is 13.3 Å². The van der Waals surface area contributed by atoms with E-state index in [4.69, 9.17) is 28.4 Å². The molecule has 14 N–H and O–H groups in total. The highest BCUT2D eigenvalue weighted by atomic mass is 16.7. The number of hydrogen-bond donors (Lipinski definition) is 14. The predicted molar refractivity (Wildman–Crippen MR) is 302 cm³/mol. The maximum atomic E-state index is 13.4. The first-order chi connectivity index (χ1) is 39.4. The first-order valence-corrected chi connectivity index (χ1v) is 31.1. The number of amides is 2. The monoisotopic (exact) mass is 1180 g/mol. The third-order valence-corrected chi connectivity index (χ3v) is 16.0. The van der Waals surface area contributed by atoms with Crippen LogP contribution >= 0.6 is 0 Å². The second-order valence-corrected chi connectivity index (χ2v) is 22.8. The Morgan fingerprint density at radius 2 is 1.06 bits per heavy atom. The second kappa shape index (κ2) is 42.3. The zero-order valence-corrected chi connectivity index (χ0v) is 49.3. The summed E-state index contributed by atoms with van der Waals surface area (Å²) in [5.41, 5.74) is 0. The minimum atomic E-state index is -2.22. The van der Waals surface area contributed by atoms with Crippen LogP contribution in [0.2, 0.25) is 0 Å². The highest BCUT2D eigenvalue weighted by Gasteiger charge is 2.57. The number of carbonyl (C=O) groups excluding carboxylic acids is 2. The Balaban J connectivity index is 1.66. The van der Waals surface area contributed by atoms with E-state index >= 15 is 0 Å². The molecule has 0 bridgehead atoms. The molecule has 0 aromatic rings. The van der Waals surface area contributed by atoms with Crippen molar-refractivity contribution in [1.82, 2.24) is 10.6 Å². The highest BCUT2D eigenvalue weighted by molar-refractivity contribution is 5.76. The molecule has 3 fully saturated rings. The summed E-state index contributed by atoms with van der Waals surface area (Å²) < 4.78 is 34.7. The van der Waals surface area contributed by atoms with Crippen LogP contribution in [-0.2, 0) is 42.8 Å². The van der Waals surface area contributed by atoms with E-state index in [2.05, 4.69) is 24.5 Å². The van der Waals surface area contributed by atoms with Crippen molar-refractivity contribution < 1.29 is 104 Å². The number of carboxylic acid groups (broad SMARTS) is 1. The van der Waals surface area contributed by atoms with Gasteiger partial charge in [-0.05, 0) is 19.3 Å². The summed E-state index contributed by atoms with van der Waals surface area (Å²) in [7, 11) is 0. The number of aliphatic carboxylic acids is 1. The Hall–Kier alpha value is -2.53. The predicted octanol–water partition coefficient (Wildman–Crippen LogP) is 2.82. The van der Waals surface area contributed by atoms with Crippen molar-refractivity contribution in [3.63, 3.8) is 0 Å². The number of ether oxygens (including phenoxy) is 6. The van der Waals surface area contributed by atoms with Gasteiger partial charge in [-0.15, -0.1) is 0 Å². The Morgan fingerprint density at radius 1 is 0.561 bits per heavy atom. The lowest BCUT2D eigenvalue weighted by atomic mass is 9.87. The third kappa shape index (κ3) is 25.8. The number of carboxylic acids is 1. The van der Waals surface area contributed by atoms with Crippen LogP contribution in [0.3, 0.4) is 0 Å². The molecule has 3 heterocycles. The van der Waals surface area contributed by atoms with Crippen LogP contribution in [0, 0.1) is 0 Å². The van der Waals surface area contributed by atoms with Gasteiger partial charge < -0.3 is 100 Å². The SMILES string of the molecule is CCCCCCCCCCCCC/C=C/[C@@H](O)[C@@H](CO[C@@H]1O[C@H](CO)[C@@H](O[C@@H]2O[C@H](CO)[C@H](O)[C@H](O[C@H]3[C@H](O)[C@@H](NC(C)=O)[C@H]([C@H](O)[C@H](O)CO)O[C@H]3C(=O)O)[C@H]2O)[C@H](O)[C@H]1O)NC(=O)CCCCCCCCCCCCCCCCC. The van der Waals surface area contributed by atoms with Gasteiger partial charge in [0.2, 0.25) is 11.8 Å². The van der Waals surface area contributed by atoms with E-state index in [1.807, 2.05) is 6.08 Å². The fourth-order valence-corrected chi connectivity index (χ4v) is 11.0. The summed E-state index contributed by atoms with van der Waals surface area (Å²) in [6, 6.07) is -2.73. The van der Waals surface area contributed by atoms with E-state index in [1.165, 1.54) is 116 Å². The van der Waals surface area contributed by atoms with Crippen LogP contribution in [0.4, 0.5) is 0 Å². The van der Waals surface area contributed by atoms with Crippen LogP contribution in [0.5, 0.6) is 0 Å². The van der Waals surface area contributed by atoms with E-state index in [1.54, 1.807) is 6.08 Å². The Kier molecular flexibility index (Phi) is 38.1. The molecule has 480 valence electrons. The van der Waals surface area contributed by atoms with Gasteiger partial charge in [-0.3, -0.25) is 9.59 Å². The molecule has 0 unspecified atom stereocenters. The number of aliphatic hydroxyl groups excluding tert-OH is 11. The summed E-state index contributed by atoms with van der Waals surface area (Å²) in [5.74, 6) is -2.92. The average Bonchev–Trinajstić information content (AvgIpc) is 3.65. The lowest BCUT2D eigenvalue weighted by Crippen LogP contribution is -2.71. The molecule has 19 atom stereocenters. The lowest BCUT2D eigenvalue weighted by Gasteiger charge is -2.49. The van der Waals surface area contributed by atoms with E-state index < -0.39 is 155 Å². The van der Waals surface area contributed by atoms with Crippen molar-refractivity contribution in [3.05, 3.63) is 12.2 Å². The van der Waals surface area contributed by atoms with Gasteiger partial charge in [-0.1, -0.05) is 180 Å². The van der Waals surface area contributed by atoms with E-state index in [9.17, 15) is 75.7 Å². The first kappa shape index (κ1) is 73.7. The molecule has 3 aliphatic rings. The lowest BCUT2D eigenvalue weighted by molar-refractivity contribution is -0.367. The molecular formula is C59H108N2O21. The number of allylic oxidation sites excluding steroid dienone is 1. The fourth-order valence-electron chi connectivity index (χ4n) is 11.0. The van der Waals surface area contributed by atoms with Crippen LogP contribution < -0.4 is 10.6 Å². The van der Waals surface area contributed by atoms with Gasteiger partial charge in [-0.2, -0.15) is 0 Å². The van der Waals surface area contributed by atoms with Gasteiger partial charge in [-0.25, -0.2) is 4.79 Å². The second-order valence-electron chi connectivity index (χ2n) is 22.8. The summed E-state index contributed by atoms with van der Waals surface area (Å²) >= 11 is 0. The molecule has 23 heteroatoms. The van der Waals surface area contributed by atoms with Crippen molar-refractivity contribution in [1.29, 1.82) is 0 Å². The largest absolute Gasteiger partial charge is 0.479 e. The van der Waals surface area contributed by atoms with E-state index in [0.29, 0.717) is 12.8 Å². The molecule has 23 nitrogen and oxygen atoms in total. The fraction of sp³-hybridized carbons (Fsp3) is 0.915. The Bertz CT molecular complexity index is 1720. The van der Waals surface area contributed by atoms with Gasteiger partial charge in [0.05, 0.1) is 44.6 Å². The summed E-state index contributed by atoms with van der Waals surface area (Å²) in [4.78, 5) is 38.1. The standard InChI is InChI=1S/C59H108N2O21/c1-4-6-8-10-12-14-16-18-19-21-23-25-27-29-31-33-44(68)61-39(40(66)32-30-28-26-24-22-20-17-15-13-11-9-7-5-2)37-77-58-50(73)49(72)52(43(36-64)79-58)82-59-51(74)54(47(70)42(35-63)78-59)81-55-48(71)45(60-38(3)65)53(46(69)41(67)34-62)80-56(55)57(75)76/h30,32,39-43,45-56,58-59,62-64,66-67,69-74H,4-29,31,33-37H2,1-3H3,(H,60,65)(H,61,68)(H,75,76)/b32-30+/t39-,40-,41-,42-,43-,45-,46-,47+,48-,49-,50-,51-,52-,53-,54+,55+,56-,58-,59+/m1/s1. The van der Waals surface area contributed by atoms with Crippen LogP contribution in [0.1, 0.15) is 201 Å². The van der Waals surface area contributed by atoms with Crippen LogP contribution in [-0.4, -0.2) is 222 Å². The minimum Gasteiger partial charge on any atom is -0.479 e. The molecule has 3 rings (SSSR count). The molecule has 0 aliphatic carbocycles. The molecule has 3 aliphatic heterocycles. The number of rotatable bonds is 45. The van der Waals surface area contributed by atoms with Crippen LogP contribution in [0.15, 0.2) is 12.2 Å². The number of unbranched alkanes of at least 4 members (excludes halogenated alkanes) is 25. The quantitative estimate of drug-likeness (QED) is 0.0308. The molecule has 82 heavy (non-hydrogen) atoms. The first-order valence-electron chi connectivity index (χ1n) is 31.1. The van der Waals surface area contributed by atoms with Gasteiger partial charge in [0.1, 0.15) is 79.4 Å². The Morgan fingerprint density at radius 3 is 1.55 bits per heavy atom. The summed E-state index contributed by atoms with van der Waals surface area (Å²) in [6.45, 7) is 2.19. The number of hydrogen-bond acceptors (Lipinski definition) is 20. The van der Waals surface area contributed by atoms with Gasteiger partial charge in [0.25, 0.3) is 0 Å². The minimum absolute atomic E-state index is 0.208. The summed E-state index contributed by atoms with van der Waals surface area (Å²) in [5, 5.41) is 135.